The summed E-state index contributed by atoms with van der Waals surface area (Å²) in [4.78, 5) is 0. The van der Waals surface area contributed by atoms with E-state index in [4.69, 9.17) is 4.74 Å². The Kier molecular flexibility index (Phi) is 5.94. The van der Waals surface area contributed by atoms with Crippen LogP contribution in [0.4, 0.5) is 26.3 Å². The summed E-state index contributed by atoms with van der Waals surface area (Å²) in [7, 11) is 0. The largest absolute Gasteiger partial charge is 0.426 e. The van der Waals surface area contributed by atoms with Gasteiger partial charge in [-0.05, 0) is 25.7 Å². The van der Waals surface area contributed by atoms with Crippen LogP contribution in [0.2, 0.25) is 0 Å². The Labute approximate surface area is 119 Å². The monoisotopic (exact) mass is 322 g/mol. The van der Waals surface area contributed by atoms with E-state index in [-0.39, 0.29) is 12.5 Å². The number of hydrogen-bond acceptors (Lipinski definition) is 2. The van der Waals surface area contributed by atoms with E-state index >= 15 is 0 Å². The highest BCUT2D eigenvalue weighted by molar-refractivity contribution is 4.97. The number of hydrogen-bond donors (Lipinski definition) is 1. The van der Waals surface area contributed by atoms with Crippen LogP contribution in [0.5, 0.6) is 0 Å². The van der Waals surface area contributed by atoms with Crippen LogP contribution in [0.15, 0.2) is 0 Å². The molecule has 0 aromatic heterocycles. The van der Waals surface area contributed by atoms with Gasteiger partial charge < -0.3 is 9.84 Å². The summed E-state index contributed by atoms with van der Waals surface area (Å²) in [6.07, 6.45) is -10.8. The molecule has 0 amide bonds. The van der Waals surface area contributed by atoms with Crippen molar-refractivity contribution in [3.8, 4) is 0 Å². The van der Waals surface area contributed by atoms with E-state index in [0.717, 1.165) is 19.3 Å². The minimum atomic E-state index is -5.78. The van der Waals surface area contributed by atoms with Crippen molar-refractivity contribution in [1.82, 2.24) is 0 Å². The average molecular weight is 322 g/mol. The number of alkyl halides is 6. The summed E-state index contributed by atoms with van der Waals surface area (Å²) in [5, 5.41) is 9.28. The maximum absolute atomic E-state index is 12.7. The average Bonchev–Trinajstić information content (AvgIpc) is 2.36. The van der Waals surface area contributed by atoms with Gasteiger partial charge >= 0.3 is 12.4 Å². The third-order valence-electron chi connectivity index (χ3n) is 3.99. The summed E-state index contributed by atoms with van der Waals surface area (Å²) in [5.74, 6) is -0.380. The van der Waals surface area contributed by atoms with Crippen LogP contribution < -0.4 is 0 Å². The molecule has 1 rings (SSSR count). The SMILES string of the molecule is CCOC(CC(O)(C(F)(F)F)C(F)(F)F)C1CCCCC1. The maximum atomic E-state index is 12.7. The molecule has 1 fully saturated rings. The Morgan fingerprint density at radius 2 is 1.48 bits per heavy atom. The molecule has 1 aliphatic rings. The molecule has 0 spiro atoms. The second-order valence-electron chi connectivity index (χ2n) is 5.45. The molecule has 1 atom stereocenters. The van der Waals surface area contributed by atoms with E-state index in [1.807, 2.05) is 0 Å². The Bertz CT molecular complexity index is 306. The first-order chi connectivity index (χ1) is 9.53. The summed E-state index contributed by atoms with van der Waals surface area (Å²) in [6, 6.07) is 0. The lowest BCUT2D eigenvalue weighted by Gasteiger charge is -2.38. The number of rotatable bonds is 5. The van der Waals surface area contributed by atoms with E-state index < -0.39 is 30.5 Å². The Morgan fingerprint density at radius 1 is 1.00 bits per heavy atom. The molecule has 0 aromatic rings. The Balaban J connectivity index is 2.96. The molecule has 0 aliphatic heterocycles. The zero-order valence-corrected chi connectivity index (χ0v) is 11.7. The molecular weight excluding hydrogens is 302 g/mol. The van der Waals surface area contributed by atoms with Crippen molar-refractivity contribution in [2.75, 3.05) is 6.61 Å². The van der Waals surface area contributed by atoms with Crippen LogP contribution in [0.1, 0.15) is 45.4 Å². The van der Waals surface area contributed by atoms with E-state index in [1.165, 1.54) is 6.92 Å². The van der Waals surface area contributed by atoms with Gasteiger partial charge in [0.1, 0.15) is 0 Å². The molecular formula is C13H20F6O2. The lowest BCUT2D eigenvalue weighted by molar-refractivity contribution is -0.375. The highest BCUT2D eigenvalue weighted by Crippen LogP contribution is 2.47. The Hall–Kier alpha value is -0.500. The molecule has 0 heterocycles. The van der Waals surface area contributed by atoms with Gasteiger partial charge in [-0.1, -0.05) is 19.3 Å². The smallest absolute Gasteiger partial charge is 0.378 e. The van der Waals surface area contributed by atoms with Gasteiger partial charge in [0.05, 0.1) is 6.10 Å². The van der Waals surface area contributed by atoms with Crippen molar-refractivity contribution in [3.05, 3.63) is 0 Å². The lowest BCUT2D eigenvalue weighted by atomic mass is 9.80. The molecule has 21 heavy (non-hydrogen) atoms. The molecule has 1 N–H and O–H groups in total. The van der Waals surface area contributed by atoms with Gasteiger partial charge in [-0.25, -0.2) is 0 Å². The van der Waals surface area contributed by atoms with E-state index in [9.17, 15) is 31.4 Å². The first-order valence-corrected chi connectivity index (χ1v) is 7.00. The predicted octanol–water partition coefficient (Wildman–Crippen LogP) is 4.22. The first kappa shape index (κ1) is 18.5. The molecule has 1 aliphatic carbocycles. The fraction of sp³-hybridized carbons (Fsp3) is 1.00. The van der Waals surface area contributed by atoms with Crippen molar-refractivity contribution in [2.24, 2.45) is 5.92 Å². The van der Waals surface area contributed by atoms with Crippen LogP contribution in [-0.2, 0) is 4.74 Å². The summed E-state index contributed by atoms with van der Waals surface area (Å²) in [6.45, 7) is 1.52. The van der Waals surface area contributed by atoms with Crippen molar-refractivity contribution >= 4 is 0 Å². The molecule has 0 bridgehead atoms. The zero-order chi connectivity index (χ0) is 16.3. The minimum Gasteiger partial charge on any atom is -0.378 e. The standard InChI is InChI=1S/C13H20F6O2/c1-2-21-10(9-6-4-3-5-7-9)8-11(20,12(14,15)16)13(17,18)19/h9-10,20H,2-8H2,1H3. The topological polar surface area (TPSA) is 29.5 Å². The van der Waals surface area contributed by atoms with Crippen LogP contribution in [-0.4, -0.2) is 35.8 Å². The zero-order valence-electron chi connectivity index (χ0n) is 11.7. The predicted molar refractivity (Wildman–Crippen MR) is 63.7 cm³/mol. The van der Waals surface area contributed by atoms with Crippen molar-refractivity contribution in [3.63, 3.8) is 0 Å². The third-order valence-corrected chi connectivity index (χ3v) is 3.99. The molecule has 126 valence electrons. The van der Waals surface area contributed by atoms with E-state index in [1.54, 1.807) is 0 Å². The van der Waals surface area contributed by atoms with E-state index in [2.05, 4.69) is 0 Å². The highest BCUT2D eigenvalue weighted by atomic mass is 19.4. The molecule has 0 radical (unpaired) electrons. The molecule has 1 unspecified atom stereocenters. The second kappa shape index (κ2) is 6.73. The fourth-order valence-electron chi connectivity index (χ4n) is 2.77. The van der Waals surface area contributed by atoms with Gasteiger partial charge in [-0.3, -0.25) is 0 Å². The van der Waals surface area contributed by atoms with Crippen molar-refractivity contribution in [1.29, 1.82) is 0 Å². The molecule has 2 nitrogen and oxygen atoms in total. The second-order valence-corrected chi connectivity index (χ2v) is 5.45. The molecule has 0 saturated heterocycles. The first-order valence-electron chi connectivity index (χ1n) is 7.00. The summed E-state index contributed by atoms with van der Waals surface area (Å²) >= 11 is 0. The van der Waals surface area contributed by atoms with Gasteiger partial charge in [0, 0.05) is 13.0 Å². The number of ether oxygens (including phenoxy) is 1. The normalized spacial score (nSPS) is 20.6. The third kappa shape index (κ3) is 4.25. The van der Waals surface area contributed by atoms with Gasteiger partial charge in [0.25, 0.3) is 5.60 Å². The van der Waals surface area contributed by atoms with Gasteiger partial charge in [0.2, 0.25) is 0 Å². The van der Waals surface area contributed by atoms with Gasteiger partial charge in [-0.2, -0.15) is 26.3 Å². The molecule has 0 aromatic carbocycles. The number of halogens is 6. The Morgan fingerprint density at radius 3 is 1.86 bits per heavy atom. The van der Waals surface area contributed by atoms with Crippen molar-refractivity contribution < 1.29 is 36.2 Å². The minimum absolute atomic E-state index is 0.00691. The summed E-state index contributed by atoms with van der Waals surface area (Å²) in [5.41, 5.74) is -4.72. The highest BCUT2D eigenvalue weighted by Gasteiger charge is 2.70. The van der Waals surface area contributed by atoms with E-state index in [0.29, 0.717) is 12.8 Å². The van der Waals surface area contributed by atoms with Crippen LogP contribution in [0, 0.1) is 5.92 Å². The van der Waals surface area contributed by atoms with Crippen molar-refractivity contribution in [2.45, 2.75) is 69.5 Å². The molecule has 8 heteroatoms. The fourth-order valence-corrected chi connectivity index (χ4v) is 2.77. The number of aliphatic hydroxyl groups is 1. The summed E-state index contributed by atoms with van der Waals surface area (Å²) < 4.78 is 81.6. The quantitative estimate of drug-likeness (QED) is 0.768. The van der Waals surface area contributed by atoms with Crippen LogP contribution >= 0.6 is 0 Å². The van der Waals surface area contributed by atoms with Gasteiger partial charge in [-0.15, -0.1) is 0 Å². The molecule has 1 saturated carbocycles. The lowest BCUT2D eigenvalue weighted by Crippen LogP contribution is -2.59. The van der Waals surface area contributed by atoms with Gasteiger partial charge in [0.15, 0.2) is 0 Å². The van der Waals surface area contributed by atoms with Crippen LogP contribution in [0.25, 0.3) is 0 Å². The maximum Gasteiger partial charge on any atom is 0.426 e. The van der Waals surface area contributed by atoms with Crippen LogP contribution in [0.3, 0.4) is 0 Å².